The second-order valence-electron chi connectivity index (χ2n) is 6.71. The number of hydrogen-bond donors (Lipinski definition) is 2. The lowest BCUT2D eigenvalue weighted by molar-refractivity contribution is 0.186. The lowest BCUT2D eigenvalue weighted by atomic mass is 9.58. The van der Waals surface area contributed by atoms with E-state index in [2.05, 4.69) is 41.8 Å². The van der Waals surface area contributed by atoms with Crippen LogP contribution < -0.4 is 11.3 Å². The van der Waals surface area contributed by atoms with Crippen LogP contribution in [0.4, 0.5) is 0 Å². The van der Waals surface area contributed by atoms with E-state index in [1.54, 1.807) is 5.57 Å². The topological polar surface area (TPSA) is 38.0 Å². The van der Waals surface area contributed by atoms with Gasteiger partial charge in [0.2, 0.25) is 0 Å². The molecule has 0 spiro atoms. The van der Waals surface area contributed by atoms with Gasteiger partial charge in [-0.3, -0.25) is 11.3 Å². The molecule has 114 valence electrons. The van der Waals surface area contributed by atoms with Gasteiger partial charge >= 0.3 is 0 Å². The number of nitrogens with one attached hydrogen (secondary N) is 1. The zero-order valence-electron chi connectivity index (χ0n) is 13.0. The van der Waals surface area contributed by atoms with Gasteiger partial charge in [0.15, 0.2) is 0 Å². The number of allylic oxidation sites excluding steroid dienone is 1. The molecule has 1 atom stereocenters. The first-order valence-corrected chi connectivity index (χ1v) is 8.57. The third-order valence-electron chi connectivity index (χ3n) is 5.51. The summed E-state index contributed by atoms with van der Waals surface area (Å²) in [5, 5.41) is 0. The first kappa shape index (κ1) is 14.8. The minimum Gasteiger partial charge on any atom is -0.271 e. The Hall–Kier alpha value is -1.12. The predicted molar refractivity (Wildman–Crippen MR) is 88.9 cm³/mol. The lowest BCUT2D eigenvalue weighted by Gasteiger charge is -2.49. The Labute approximate surface area is 128 Å². The van der Waals surface area contributed by atoms with Crippen LogP contribution in [-0.4, -0.2) is 6.04 Å². The molecule has 0 saturated heterocycles. The third kappa shape index (κ3) is 2.93. The molecule has 0 bridgehead atoms. The fourth-order valence-corrected chi connectivity index (χ4v) is 4.17. The molecule has 2 nitrogen and oxygen atoms in total. The molecule has 2 aliphatic carbocycles. The summed E-state index contributed by atoms with van der Waals surface area (Å²) in [6.07, 6.45) is 14.1. The number of hydrazine groups is 1. The van der Waals surface area contributed by atoms with Crippen LogP contribution in [0.1, 0.15) is 63.4 Å². The Balaban J connectivity index is 1.90. The van der Waals surface area contributed by atoms with Crippen LogP contribution in [0.5, 0.6) is 0 Å². The maximum absolute atomic E-state index is 6.04. The molecule has 1 saturated carbocycles. The highest BCUT2D eigenvalue weighted by atomic mass is 15.2. The third-order valence-corrected chi connectivity index (χ3v) is 5.51. The molecular formula is C19H28N2. The van der Waals surface area contributed by atoms with Crippen molar-refractivity contribution in [3.63, 3.8) is 0 Å². The van der Waals surface area contributed by atoms with Gasteiger partial charge in [0.25, 0.3) is 0 Å². The summed E-state index contributed by atoms with van der Waals surface area (Å²) in [6, 6.07) is 11.3. The smallest absolute Gasteiger partial charge is 0.0516 e. The first-order chi connectivity index (χ1) is 10.4. The molecule has 0 radical (unpaired) electrons. The SMILES string of the molecule is NNC(/C1=C/CCCCCC1)C1(c2ccccc2)CCC1. The molecule has 1 aromatic carbocycles. The van der Waals surface area contributed by atoms with Crippen molar-refractivity contribution in [3.05, 3.63) is 47.5 Å². The average Bonchev–Trinajstić information content (AvgIpc) is 2.44. The van der Waals surface area contributed by atoms with Crippen molar-refractivity contribution >= 4 is 0 Å². The van der Waals surface area contributed by atoms with E-state index in [0.29, 0.717) is 6.04 Å². The molecule has 0 aliphatic heterocycles. The maximum atomic E-state index is 6.04. The van der Waals surface area contributed by atoms with Gasteiger partial charge in [-0.25, -0.2) is 0 Å². The minimum atomic E-state index is 0.223. The monoisotopic (exact) mass is 284 g/mol. The second-order valence-corrected chi connectivity index (χ2v) is 6.71. The van der Waals surface area contributed by atoms with Crippen LogP contribution in [0, 0.1) is 0 Å². The van der Waals surface area contributed by atoms with Crippen molar-refractivity contribution < 1.29 is 0 Å². The fraction of sp³-hybridized carbons (Fsp3) is 0.579. The number of rotatable bonds is 4. The van der Waals surface area contributed by atoms with E-state index in [4.69, 9.17) is 5.84 Å². The molecule has 3 rings (SSSR count). The number of hydrogen-bond acceptors (Lipinski definition) is 2. The molecule has 1 fully saturated rings. The molecule has 0 amide bonds. The molecule has 3 N–H and O–H groups in total. The van der Waals surface area contributed by atoms with Crippen LogP contribution in [0.15, 0.2) is 42.0 Å². The van der Waals surface area contributed by atoms with Gasteiger partial charge in [-0.2, -0.15) is 0 Å². The summed E-state index contributed by atoms with van der Waals surface area (Å²) in [5.41, 5.74) is 6.43. The number of nitrogens with two attached hydrogens (primary N) is 1. The minimum absolute atomic E-state index is 0.223. The molecule has 1 aromatic rings. The summed E-state index contributed by atoms with van der Waals surface area (Å²) in [5.74, 6) is 6.04. The van der Waals surface area contributed by atoms with Crippen LogP contribution in [-0.2, 0) is 5.41 Å². The quantitative estimate of drug-likeness (QED) is 0.493. The lowest BCUT2D eigenvalue weighted by Crippen LogP contribution is -2.56. The molecule has 2 heteroatoms. The predicted octanol–water partition coefficient (Wildman–Crippen LogP) is 4.22. The normalized spacial score (nSPS) is 25.9. The van der Waals surface area contributed by atoms with Crippen LogP contribution in [0.3, 0.4) is 0 Å². The Morgan fingerprint density at radius 3 is 2.38 bits per heavy atom. The largest absolute Gasteiger partial charge is 0.271 e. The van der Waals surface area contributed by atoms with Gasteiger partial charge < -0.3 is 0 Å². The van der Waals surface area contributed by atoms with E-state index in [0.717, 1.165) is 0 Å². The Morgan fingerprint density at radius 2 is 1.71 bits per heavy atom. The molecule has 21 heavy (non-hydrogen) atoms. The van der Waals surface area contributed by atoms with Crippen LogP contribution >= 0.6 is 0 Å². The fourth-order valence-electron chi connectivity index (χ4n) is 4.17. The van der Waals surface area contributed by atoms with Crippen molar-refractivity contribution in [1.82, 2.24) is 5.43 Å². The highest BCUT2D eigenvalue weighted by molar-refractivity contribution is 5.35. The van der Waals surface area contributed by atoms with Gasteiger partial charge in [-0.05, 0) is 44.1 Å². The molecular weight excluding hydrogens is 256 g/mol. The van der Waals surface area contributed by atoms with Crippen LogP contribution in [0.2, 0.25) is 0 Å². The van der Waals surface area contributed by atoms with E-state index >= 15 is 0 Å². The van der Waals surface area contributed by atoms with Gasteiger partial charge in [0, 0.05) is 5.41 Å². The summed E-state index contributed by atoms with van der Waals surface area (Å²) >= 11 is 0. The summed E-state index contributed by atoms with van der Waals surface area (Å²) in [4.78, 5) is 0. The zero-order valence-corrected chi connectivity index (χ0v) is 13.0. The molecule has 1 unspecified atom stereocenters. The van der Waals surface area contributed by atoms with Gasteiger partial charge in [0.1, 0.15) is 0 Å². The average molecular weight is 284 g/mol. The summed E-state index contributed by atoms with van der Waals surface area (Å²) in [6.45, 7) is 0. The maximum Gasteiger partial charge on any atom is 0.0516 e. The number of benzene rings is 1. The van der Waals surface area contributed by atoms with Gasteiger partial charge in [-0.15, -0.1) is 0 Å². The highest BCUT2D eigenvalue weighted by Gasteiger charge is 2.46. The van der Waals surface area contributed by atoms with E-state index in [9.17, 15) is 0 Å². The highest BCUT2D eigenvalue weighted by Crippen LogP contribution is 2.48. The molecule has 0 heterocycles. The van der Waals surface area contributed by atoms with Crippen molar-refractivity contribution in [2.24, 2.45) is 5.84 Å². The Morgan fingerprint density at radius 1 is 0.952 bits per heavy atom. The zero-order chi connectivity index (χ0) is 14.5. The van der Waals surface area contributed by atoms with E-state index in [-0.39, 0.29) is 5.41 Å². The standard InChI is InChI=1S/C19H28N2/c20-21-18(16-10-5-2-1-3-6-11-16)19(14-9-15-19)17-12-7-4-8-13-17/h4,7-8,10,12-13,18,21H,1-3,5-6,9,11,14-15,20H2/b16-10+. The Kier molecular flexibility index (Phi) is 4.77. The van der Waals surface area contributed by atoms with Crippen LogP contribution in [0.25, 0.3) is 0 Å². The van der Waals surface area contributed by atoms with Gasteiger partial charge in [0.05, 0.1) is 6.04 Å². The van der Waals surface area contributed by atoms with Crippen molar-refractivity contribution in [2.75, 3.05) is 0 Å². The van der Waals surface area contributed by atoms with E-state index in [1.807, 2.05) is 0 Å². The second kappa shape index (κ2) is 6.76. The first-order valence-electron chi connectivity index (χ1n) is 8.57. The van der Waals surface area contributed by atoms with E-state index < -0.39 is 0 Å². The Bertz CT molecular complexity index is 474. The molecule has 2 aliphatic rings. The molecule has 0 aromatic heterocycles. The van der Waals surface area contributed by atoms with Crippen molar-refractivity contribution in [1.29, 1.82) is 0 Å². The van der Waals surface area contributed by atoms with Crippen molar-refractivity contribution in [2.45, 2.75) is 69.2 Å². The van der Waals surface area contributed by atoms with Gasteiger partial charge in [-0.1, -0.05) is 61.2 Å². The summed E-state index contributed by atoms with van der Waals surface area (Å²) in [7, 11) is 0. The van der Waals surface area contributed by atoms with E-state index in [1.165, 1.54) is 63.4 Å². The summed E-state index contributed by atoms with van der Waals surface area (Å²) < 4.78 is 0. The van der Waals surface area contributed by atoms with Crippen molar-refractivity contribution in [3.8, 4) is 0 Å².